The topological polar surface area (TPSA) is 51.9 Å². The van der Waals surface area contributed by atoms with Crippen LogP contribution in [0.4, 0.5) is 0 Å². The molecular formula is C13H17NO4. The summed E-state index contributed by atoms with van der Waals surface area (Å²) in [6.45, 7) is 2.02. The molecule has 1 aromatic heterocycles. The average molecular weight is 251 g/mol. The zero-order chi connectivity index (χ0) is 12.6. The van der Waals surface area contributed by atoms with Gasteiger partial charge in [0.15, 0.2) is 0 Å². The first-order valence-corrected chi connectivity index (χ1v) is 6.21. The predicted octanol–water partition coefficient (Wildman–Crippen LogP) is 1.30. The number of carbonyl (C=O) groups is 1. The fourth-order valence-electron chi connectivity index (χ4n) is 2.83. The highest BCUT2D eigenvalue weighted by molar-refractivity contribution is 5.94. The molecule has 2 aliphatic heterocycles. The van der Waals surface area contributed by atoms with Crippen molar-refractivity contribution < 1.29 is 18.7 Å². The largest absolute Gasteiger partial charge is 0.472 e. The van der Waals surface area contributed by atoms with Gasteiger partial charge in [-0.15, -0.1) is 0 Å². The van der Waals surface area contributed by atoms with Crippen molar-refractivity contribution in [3.63, 3.8) is 0 Å². The van der Waals surface area contributed by atoms with Gasteiger partial charge >= 0.3 is 0 Å². The number of nitrogens with zero attached hydrogens (tertiary/aromatic N) is 1. The Morgan fingerprint density at radius 1 is 1.61 bits per heavy atom. The summed E-state index contributed by atoms with van der Waals surface area (Å²) in [5.74, 6) is 0.0186. The van der Waals surface area contributed by atoms with Gasteiger partial charge in [0.25, 0.3) is 5.91 Å². The minimum atomic E-state index is -0.194. The van der Waals surface area contributed by atoms with Crippen LogP contribution in [0.1, 0.15) is 23.2 Å². The van der Waals surface area contributed by atoms with Gasteiger partial charge in [-0.3, -0.25) is 4.79 Å². The Morgan fingerprint density at radius 2 is 2.50 bits per heavy atom. The van der Waals surface area contributed by atoms with Gasteiger partial charge in [-0.25, -0.2) is 0 Å². The minimum Gasteiger partial charge on any atom is -0.472 e. The van der Waals surface area contributed by atoms with E-state index in [2.05, 4.69) is 0 Å². The summed E-state index contributed by atoms with van der Waals surface area (Å²) < 4.78 is 16.1. The molecule has 1 aromatic rings. The number of rotatable bonds is 2. The van der Waals surface area contributed by atoms with Gasteiger partial charge in [0.1, 0.15) is 6.26 Å². The summed E-state index contributed by atoms with van der Waals surface area (Å²) in [6, 6.07) is 1.70. The Balaban J connectivity index is 1.67. The lowest BCUT2D eigenvalue weighted by Gasteiger charge is -2.22. The molecule has 0 aliphatic carbocycles. The van der Waals surface area contributed by atoms with E-state index in [1.54, 1.807) is 13.2 Å². The van der Waals surface area contributed by atoms with Crippen LogP contribution in [0.15, 0.2) is 23.0 Å². The van der Waals surface area contributed by atoms with Crippen LogP contribution < -0.4 is 0 Å². The van der Waals surface area contributed by atoms with Gasteiger partial charge in [0.05, 0.1) is 36.7 Å². The van der Waals surface area contributed by atoms with Gasteiger partial charge in [0, 0.05) is 20.1 Å². The van der Waals surface area contributed by atoms with Crippen molar-refractivity contribution in [1.82, 2.24) is 4.90 Å². The summed E-state index contributed by atoms with van der Waals surface area (Å²) in [6.07, 6.45) is 4.93. The van der Waals surface area contributed by atoms with Crippen molar-refractivity contribution in [2.45, 2.75) is 24.5 Å². The minimum absolute atomic E-state index is 0.0186. The van der Waals surface area contributed by atoms with Crippen LogP contribution in [-0.2, 0) is 9.47 Å². The fourth-order valence-corrected chi connectivity index (χ4v) is 2.83. The van der Waals surface area contributed by atoms with E-state index in [0.29, 0.717) is 18.7 Å². The molecule has 2 saturated heterocycles. The van der Waals surface area contributed by atoms with Crippen molar-refractivity contribution in [3.05, 3.63) is 24.2 Å². The second-order valence-electron chi connectivity index (χ2n) is 5.04. The maximum Gasteiger partial charge on any atom is 0.257 e. The van der Waals surface area contributed by atoms with Crippen LogP contribution in [0.2, 0.25) is 0 Å². The molecule has 5 nitrogen and oxygen atoms in total. The fraction of sp³-hybridized carbons (Fsp3) is 0.615. The third kappa shape index (κ3) is 1.93. The molecule has 0 aromatic carbocycles. The zero-order valence-corrected chi connectivity index (χ0v) is 10.4. The summed E-state index contributed by atoms with van der Waals surface area (Å²) in [5.41, 5.74) is 0.411. The standard InChI is InChI=1S/C13H17NO4/c1-16-11-6-13(18-8-11)3-4-14(9-13)12(15)10-2-5-17-7-10/h2,5,7,11H,3-4,6,8-9H2,1H3/t11-,13-/m1/s1. The lowest BCUT2D eigenvalue weighted by atomic mass is 9.98. The Kier molecular flexibility index (Phi) is 2.87. The lowest BCUT2D eigenvalue weighted by Crippen LogP contribution is -2.35. The van der Waals surface area contributed by atoms with Gasteiger partial charge in [-0.2, -0.15) is 0 Å². The molecule has 18 heavy (non-hydrogen) atoms. The third-order valence-electron chi connectivity index (χ3n) is 3.88. The lowest BCUT2D eigenvalue weighted by molar-refractivity contribution is 0.00701. The van der Waals surface area contributed by atoms with Crippen molar-refractivity contribution in [1.29, 1.82) is 0 Å². The highest BCUT2D eigenvalue weighted by Gasteiger charge is 2.47. The van der Waals surface area contributed by atoms with E-state index in [1.807, 2.05) is 4.90 Å². The van der Waals surface area contributed by atoms with E-state index in [0.717, 1.165) is 19.4 Å². The normalized spacial score (nSPS) is 31.4. The van der Waals surface area contributed by atoms with Crippen LogP contribution in [-0.4, -0.2) is 49.3 Å². The highest BCUT2D eigenvalue weighted by atomic mass is 16.6. The van der Waals surface area contributed by atoms with Crippen LogP contribution in [0.3, 0.4) is 0 Å². The summed E-state index contributed by atoms with van der Waals surface area (Å²) >= 11 is 0. The molecule has 0 saturated carbocycles. The maximum atomic E-state index is 12.2. The van der Waals surface area contributed by atoms with Gasteiger partial charge in [-0.05, 0) is 12.5 Å². The van der Waals surface area contributed by atoms with Crippen molar-refractivity contribution in [2.75, 3.05) is 26.8 Å². The highest BCUT2D eigenvalue weighted by Crippen LogP contribution is 2.36. The molecule has 1 amide bonds. The Morgan fingerprint density at radius 3 is 3.17 bits per heavy atom. The SMILES string of the molecule is CO[C@H]1CO[C@]2(CCN(C(=O)c3ccoc3)C2)C1. The molecule has 0 radical (unpaired) electrons. The van der Waals surface area contributed by atoms with Crippen molar-refractivity contribution in [3.8, 4) is 0 Å². The first-order chi connectivity index (χ1) is 8.72. The van der Waals surface area contributed by atoms with Crippen LogP contribution >= 0.6 is 0 Å². The summed E-state index contributed by atoms with van der Waals surface area (Å²) in [4.78, 5) is 14.0. The first-order valence-electron chi connectivity index (χ1n) is 6.21. The van der Waals surface area contributed by atoms with Crippen molar-refractivity contribution >= 4 is 5.91 Å². The van der Waals surface area contributed by atoms with Crippen molar-refractivity contribution in [2.24, 2.45) is 0 Å². The van der Waals surface area contributed by atoms with E-state index in [4.69, 9.17) is 13.9 Å². The molecule has 98 valence electrons. The van der Waals surface area contributed by atoms with E-state index in [1.165, 1.54) is 12.5 Å². The molecule has 2 aliphatic rings. The second kappa shape index (κ2) is 4.40. The van der Waals surface area contributed by atoms with Gasteiger partial charge in [-0.1, -0.05) is 0 Å². The molecule has 0 N–H and O–H groups in total. The molecule has 0 unspecified atom stereocenters. The van der Waals surface area contributed by atoms with Crippen LogP contribution in [0.5, 0.6) is 0 Å². The number of likely N-dealkylation sites (tertiary alicyclic amines) is 1. The number of furan rings is 1. The maximum absolute atomic E-state index is 12.2. The Labute approximate surface area is 106 Å². The summed E-state index contributed by atoms with van der Waals surface area (Å²) in [5, 5.41) is 0. The molecule has 2 fully saturated rings. The van der Waals surface area contributed by atoms with E-state index >= 15 is 0 Å². The molecule has 3 rings (SSSR count). The molecule has 0 bridgehead atoms. The van der Waals surface area contributed by atoms with Crippen LogP contribution in [0, 0.1) is 0 Å². The third-order valence-corrected chi connectivity index (χ3v) is 3.88. The number of amides is 1. The summed E-state index contributed by atoms with van der Waals surface area (Å²) in [7, 11) is 1.70. The molecule has 5 heteroatoms. The number of hydrogen-bond donors (Lipinski definition) is 0. The average Bonchev–Trinajstić information content (AvgIpc) is 3.10. The Hall–Kier alpha value is -1.33. The number of methoxy groups -OCH3 is 1. The smallest absolute Gasteiger partial charge is 0.257 e. The molecule has 2 atom stereocenters. The number of hydrogen-bond acceptors (Lipinski definition) is 4. The quantitative estimate of drug-likeness (QED) is 0.795. The first kappa shape index (κ1) is 11.7. The zero-order valence-electron chi connectivity index (χ0n) is 10.4. The van der Waals surface area contributed by atoms with Gasteiger partial charge < -0.3 is 18.8 Å². The van der Waals surface area contributed by atoms with E-state index in [-0.39, 0.29) is 17.6 Å². The monoisotopic (exact) mass is 251 g/mol. The Bertz CT molecular complexity index is 430. The van der Waals surface area contributed by atoms with E-state index in [9.17, 15) is 4.79 Å². The van der Waals surface area contributed by atoms with Gasteiger partial charge in [0.2, 0.25) is 0 Å². The molecule has 1 spiro atoms. The molecule has 3 heterocycles. The molecular weight excluding hydrogens is 234 g/mol. The number of ether oxygens (including phenoxy) is 2. The van der Waals surface area contributed by atoms with E-state index < -0.39 is 0 Å². The second-order valence-corrected chi connectivity index (χ2v) is 5.04. The predicted molar refractivity (Wildman–Crippen MR) is 63.3 cm³/mol. The van der Waals surface area contributed by atoms with Crippen LogP contribution in [0.25, 0.3) is 0 Å². The number of carbonyl (C=O) groups excluding carboxylic acids is 1.